The van der Waals surface area contributed by atoms with E-state index in [2.05, 4.69) is 10.2 Å². The molecule has 8 heteroatoms. The van der Waals surface area contributed by atoms with E-state index < -0.39 is 10.0 Å². The van der Waals surface area contributed by atoms with Crippen LogP contribution in [-0.2, 0) is 27.7 Å². The van der Waals surface area contributed by atoms with Crippen LogP contribution < -0.4 is 10.1 Å². The molecule has 0 saturated carbocycles. The number of ether oxygens (including phenoxy) is 1. The van der Waals surface area contributed by atoms with E-state index in [0.717, 1.165) is 36.1 Å². The van der Waals surface area contributed by atoms with E-state index in [1.54, 1.807) is 13.2 Å². The number of likely N-dealkylation sites (N-methyl/N-ethyl adjacent to an activating group) is 1. The molecule has 0 spiro atoms. The van der Waals surface area contributed by atoms with E-state index in [1.807, 2.05) is 50.5 Å². The van der Waals surface area contributed by atoms with Gasteiger partial charge in [-0.15, -0.1) is 0 Å². The highest BCUT2D eigenvalue weighted by molar-refractivity contribution is 7.89. The standard InChI is InChI=1S/C26H35N3O4S/c1-28(2)25(22-8-5-9-23(16-22)33-3)18-27-26(30)20-12-14-29(15-13-20)34(31,32)24-11-10-19-6-4-7-21(19)17-24/h5,8-11,16-17,20,25H,4,6-7,12-15,18H2,1-3H3,(H,27,30). The largest absolute Gasteiger partial charge is 0.497 e. The van der Waals surface area contributed by atoms with Crippen LogP contribution in [0.25, 0.3) is 0 Å². The molecule has 0 radical (unpaired) electrons. The van der Waals surface area contributed by atoms with Crippen LogP contribution in [0.3, 0.4) is 0 Å². The fourth-order valence-corrected chi connectivity index (χ4v) is 6.53. The van der Waals surface area contributed by atoms with E-state index in [4.69, 9.17) is 4.74 Å². The van der Waals surface area contributed by atoms with Gasteiger partial charge in [-0.3, -0.25) is 4.79 Å². The summed E-state index contributed by atoms with van der Waals surface area (Å²) in [6.07, 6.45) is 4.13. The molecule has 2 aromatic rings. The molecule has 184 valence electrons. The zero-order chi connectivity index (χ0) is 24.3. The van der Waals surface area contributed by atoms with Crippen molar-refractivity contribution in [1.29, 1.82) is 0 Å². The molecular formula is C26H35N3O4S. The Bertz CT molecular complexity index is 1120. The smallest absolute Gasteiger partial charge is 0.243 e. The van der Waals surface area contributed by atoms with Crippen molar-refractivity contribution in [3.8, 4) is 5.75 Å². The highest BCUT2D eigenvalue weighted by Crippen LogP contribution is 2.29. The van der Waals surface area contributed by atoms with Gasteiger partial charge in [0, 0.05) is 25.6 Å². The average molecular weight is 486 g/mol. The maximum atomic E-state index is 13.2. The minimum Gasteiger partial charge on any atom is -0.497 e. The van der Waals surface area contributed by atoms with Crippen molar-refractivity contribution in [3.63, 3.8) is 0 Å². The van der Waals surface area contributed by atoms with E-state index in [9.17, 15) is 13.2 Å². The van der Waals surface area contributed by atoms with Gasteiger partial charge >= 0.3 is 0 Å². The number of carbonyl (C=O) groups excluding carboxylic acids is 1. The molecule has 1 heterocycles. The Labute approximate surface area is 203 Å². The number of rotatable bonds is 8. The fourth-order valence-electron chi connectivity index (χ4n) is 5.01. The van der Waals surface area contributed by atoms with Gasteiger partial charge in [0.1, 0.15) is 5.75 Å². The molecule has 1 aliphatic carbocycles. The summed E-state index contributed by atoms with van der Waals surface area (Å²) >= 11 is 0. The Morgan fingerprint density at radius 3 is 2.56 bits per heavy atom. The molecule has 1 atom stereocenters. The molecule has 2 aromatic carbocycles. The first-order chi connectivity index (χ1) is 16.3. The molecule has 1 unspecified atom stereocenters. The van der Waals surface area contributed by atoms with Crippen molar-refractivity contribution < 1.29 is 17.9 Å². The normalized spacial score (nSPS) is 18.0. The fraction of sp³-hybridized carbons (Fsp3) is 0.500. The Kier molecular flexibility index (Phi) is 7.60. The highest BCUT2D eigenvalue weighted by Gasteiger charge is 2.33. The molecule has 1 N–H and O–H groups in total. The third-order valence-corrected chi connectivity index (χ3v) is 9.00. The number of hydrogen-bond donors (Lipinski definition) is 1. The first-order valence-electron chi connectivity index (χ1n) is 12.0. The summed E-state index contributed by atoms with van der Waals surface area (Å²) in [7, 11) is 2.08. The number of nitrogens with zero attached hydrogens (tertiary/aromatic N) is 2. The van der Waals surface area contributed by atoms with E-state index in [1.165, 1.54) is 9.87 Å². The lowest BCUT2D eigenvalue weighted by Gasteiger charge is -2.31. The van der Waals surface area contributed by atoms with Gasteiger partial charge in [0.2, 0.25) is 15.9 Å². The number of hydrogen-bond acceptors (Lipinski definition) is 5. The second kappa shape index (κ2) is 10.5. The molecule has 4 rings (SSSR count). The van der Waals surface area contributed by atoms with Crippen LogP contribution in [-0.4, -0.2) is 64.4 Å². The van der Waals surface area contributed by atoms with Crippen molar-refractivity contribution in [3.05, 3.63) is 59.2 Å². The van der Waals surface area contributed by atoms with E-state index in [-0.39, 0.29) is 17.9 Å². The van der Waals surface area contributed by atoms with Crippen LogP contribution >= 0.6 is 0 Å². The van der Waals surface area contributed by atoms with Crippen LogP contribution in [0, 0.1) is 5.92 Å². The zero-order valence-electron chi connectivity index (χ0n) is 20.3. The molecule has 2 aliphatic rings. The van der Waals surface area contributed by atoms with Crippen molar-refractivity contribution >= 4 is 15.9 Å². The van der Waals surface area contributed by atoms with Crippen molar-refractivity contribution in [2.75, 3.05) is 40.8 Å². The van der Waals surface area contributed by atoms with Crippen LogP contribution in [0.4, 0.5) is 0 Å². The molecule has 0 aromatic heterocycles. The summed E-state index contributed by atoms with van der Waals surface area (Å²) < 4.78 is 33.2. The molecule has 1 amide bonds. The molecular weight excluding hydrogens is 450 g/mol. The summed E-state index contributed by atoms with van der Waals surface area (Å²) in [6, 6.07) is 13.4. The van der Waals surface area contributed by atoms with Crippen LogP contribution in [0.1, 0.15) is 42.0 Å². The third kappa shape index (κ3) is 5.29. The average Bonchev–Trinajstić information content (AvgIpc) is 3.32. The minimum absolute atomic E-state index is 0.00988. The quantitative estimate of drug-likeness (QED) is 0.622. The molecule has 34 heavy (non-hydrogen) atoms. The number of nitrogens with one attached hydrogen (secondary N) is 1. The van der Waals surface area contributed by atoms with Crippen molar-refractivity contribution in [2.45, 2.75) is 43.0 Å². The van der Waals surface area contributed by atoms with Crippen LogP contribution in [0.15, 0.2) is 47.4 Å². The number of benzene rings is 2. The number of fused-ring (bicyclic) bond motifs is 1. The highest BCUT2D eigenvalue weighted by atomic mass is 32.2. The molecule has 1 fully saturated rings. The molecule has 1 aliphatic heterocycles. The van der Waals surface area contributed by atoms with Crippen LogP contribution in [0.5, 0.6) is 5.75 Å². The van der Waals surface area contributed by atoms with Crippen molar-refractivity contribution in [2.24, 2.45) is 5.92 Å². The zero-order valence-corrected chi connectivity index (χ0v) is 21.1. The first-order valence-corrected chi connectivity index (χ1v) is 13.4. The van der Waals surface area contributed by atoms with Gasteiger partial charge in [0.25, 0.3) is 0 Å². The first kappa shape index (κ1) is 24.7. The van der Waals surface area contributed by atoms with Crippen molar-refractivity contribution in [1.82, 2.24) is 14.5 Å². The van der Waals surface area contributed by atoms with Gasteiger partial charge in [-0.25, -0.2) is 8.42 Å². The number of carbonyl (C=O) groups is 1. The number of methoxy groups -OCH3 is 1. The van der Waals surface area contributed by atoms with Gasteiger partial charge in [-0.1, -0.05) is 18.2 Å². The molecule has 7 nitrogen and oxygen atoms in total. The van der Waals surface area contributed by atoms with Gasteiger partial charge in [0.05, 0.1) is 18.0 Å². The lowest BCUT2D eigenvalue weighted by Crippen LogP contribution is -2.44. The monoisotopic (exact) mass is 485 g/mol. The maximum Gasteiger partial charge on any atom is 0.243 e. The Morgan fingerprint density at radius 2 is 1.85 bits per heavy atom. The number of aryl methyl sites for hydroxylation is 2. The summed E-state index contributed by atoms with van der Waals surface area (Å²) in [5.74, 6) is 0.594. The Balaban J connectivity index is 1.34. The molecule has 1 saturated heterocycles. The minimum atomic E-state index is -3.53. The predicted molar refractivity (Wildman–Crippen MR) is 132 cm³/mol. The molecule has 0 bridgehead atoms. The summed E-state index contributed by atoms with van der Waals surface area (Å²) in [6.45, 7) is 1.21. The lowest BCUT2D eigenvalue weighted by molar-refractivity contribution is -0.126. The summed E-state index contributed by atoms with van der Waals surface area (Å²) in [4.78, 5) is 15.4. The van der Waals surface area contributed by atoms with Gasteiger partial charge < -0.3 is 15.0 Å². The third-order valence-electron chi connectivity index (χ3n) is 7.10. The van der Waals surface area contributed by atoms with Gasteiger partial charge in [-0.2, -0.15) is 4.31 Å². The topological polar surface area (TPSA) is 79.0 Å². The number of piperidine rings is 1. The summed E-state index contributed by atoms with van der Waals surface area (Å²) in [5.41, 5.74) is 3.49. The van der Waals surface area contributed by atoms with Gasteiger partial charge in [-0.05, 0) is 87.2 Å². The SMILES string of the molecule is COc1cccc(C(CNC(=O)C2CCN(S(=O)(=O)c3ccc4c(c3)CCC4)CC2)N(C)C)c1. The van der Waals surface area contributed by atoms with Gasteiger partial charge in [0.15, 0.2) is 0 Å². The second-order valence-electron chi connectivity index (χ2n) is 9.46. The predicted octanol–water partition coefficient (Wildman–Crippen LogP) is 3.00. The number of sulfonamides is 1. The van der Waals surface area contributed by atoms with E-state index >= 15 is 0 Å². The Morgan fingerprint density at radius 1 is 1.12 bits per heavy atom. The van der Waals surface area contributed by atoms with Crippen LogP contribution in [0.2, 0.25) is 0 Å². The Hall–Kier alpha value is -2.42. The summed E-state index contributed by atoms with van der Waals surface area (Å²) in [5, 5.41) is 3.09. The second-order valence-corrected chi connectivity index (χ2v) is 11.4. The maximum absolute atomic E-state index is 13.2. The van der Waals surface area contributed by atoms with E-state index in [0.29, 0.717) is 37.4 Å². The number of amides is 1. The lowest BCUT2D eigenvalue weighted by atomic mass is 9.97.